The lowest BCUT2D eigenvalue weighted by Crippen LogP contribution is -2.51. The van der Waals surface area contributed by atoms with Crippen molar-refractivity contribution in [1.82, 2.24) is 14.9 Å². The van der Waals surface area contributed by atoms with Crippen molar-refractivity contribution < 1.29 is 9.53 Å². The number of piperidine rings is 1. The molecule has 0 radical (unpaired) electrons. The van der Waals surface area contributed by atoms with Crippen LogP contribution in [0.5, 0.6) is 0 Å². The number of anilines is 2. The van der Waals surface area contributed by atoms with Gasteiger partial charge in [-0.25, -0.2) is 4.98 Å². The molecule has 1 atom stereocenters. The van der Waals surface area contributed by atoms with E-state index in [2.05, 4.69) is 10.2 Å². The average molecular weight is 359 g/mol. The topological polar surface area (TPSA) is 70.6 Å². The molecule has 0 aromatic carbocycles. The molecule has 142 valence electrons. The molecule has 0 saturated carbocycles. The first-order valence-corrected chi connectivity index (χ1v) is 9.78. The largest absolute Gasteiger partial charge is 0.383 e. The van der Waals surface area contributed by atoms with Crippen LogP contribution in [0.4, 0.5) is 11.8 Å². The number of hydrogen-bond acceptors (Lipinski definition) is 6. The highest BCUT2D eigenvalue weighted by molar-refractivity contribution is 5.85. The zero-order valence-corrected chi connectivity index (χ0v) is 15.9. The molecule has 1 spiro atoms. The van der Waals surface area contributed by atoms with E-state index in [9.17, 15) is 4.79 Å². The van der Waals surface area contributed by atoms with Gasteiger partial charge in [-0.1, -0.05) is 0 Å². The smallest absolute Gasteiger partial charge is 0.230 e. The number of fused-ring (bicyclic) bond motifs is 1. The summed E-state index contributed by atoms with van der Waals surface area (Å²) in [6.45, 7) is 3.73. The number of hydrogen-bond donors (Lipinski definition) is 1. The highest BCUT2D eigenvalue weighted by atomic mass is 16.5. The van der Waals surface area contributed by atoms with Gasteiger partial charge >= 0.3 is 0 Å². The molecule has 4 rings (SSSR count). The van der Waals surface area contributed by atoms with E-state index in [1.165, 1.54) is 11.3 Å². The van der Waals surface area contributed by atoms with E-state index in [1.807, 2.05) is 11.9 Å². The van der Waals surface area contributed by atoms with Crippen molar-refractivity contribution in [3.63, 3.8) is 0 Å². The van der Waals surface area contributed by atoms with Gasteiger partial charge in [0.2, 0.25) is 11.9 Å². The van der Waals surface area contributed by atoms with E-state index in [4.69, 9.17) is 14.7 Å². The Hall–Kier alpha value is -1.89. The van der Waals surface area contributed by atoms with Gasteiger partial charge in [0.05, 0.1) is 17.7 Å². The van der Waals surface area contributed by atoms with Crippen molar-refractivity contribution in [2.45, 2.75) is 38.5 Å². The third kappa shape index (κ3) is 2.92. The van der Waals surface area contributed by atoms with Gasteiger partial charge < -0.3 is 19.9 Å². The van der Waals surface area contributed by atoms with Gasteiger partial charge in [-0.3, -0.25) is 4.79 Å². The van der Waals surface area contributed by atoms with Crippen molar-refractivity contribution in [3.05, 3.63) is 11.3 Å². The maximum absolute atomic E-state index is 13.1. The summed E-state index contributed by atoms with van der Waals surface area (Å²) in [5.41, 5.74) is 2.18. The Kier molecular flexibility index (Phi) is 4.73. The average Bonchev–Trinajstić information content (AvgIpc) is 3.30. The Labute approximate surface area is 155 Å². The molecule has 0 unspecified atom stereocenters. The van der Waals surface area contributed by atoms with E-state index in [1.54, 1.807) is 7.11 Å². The third-order valence-electron chi connectivity index (χ3n) is 6.18. The minimum Gasteiger partial charge on any atom is -0.383 e. The molecule has 2 saturated heterocycles. The van der Waals surface area contributed by atoms with Crippen LogP contribution < -0.4 is 10.2 Å². The maximum Gasteiger partial charge on any atom is 0.230 e. The quantitative estimate of drug-likeness (QED) is 0.859. The van der Waals surface area contributed by atoms with E-state index in [0.717, 1.165) is 69.9 Å². The number of nitrogens with zero attached hydrogens (tertiary/aromatic N) is 4. The number of likely N-dealkylation sites (tertiary alicyclic amines) is 1. The fourth-order valence-electron chi connectivity index (χ4n) is 4.76. The Morgan fingerprint density at radius 2 is 2.08 bits per heavy atom. The predicted molar refractivity (Wildman–Crippen MR) is 101 cm³/mol. The molecule has 1 aliphatic carbocycles. The van der Waals surface area contributed by atoms with Gasteiger partial charge in [-0.2, -0.15) is 4.98 Å². The molecule has 3 aliphatic rings. The van der Waals surface area contributed by atoms with Crippen LogP contribution in [0.1, 0.15) is 36.9 Å². The van der Waals surface area contributed by atoms with Gasteiger partial charge in [-0.15, -0.1) is 0 Å². The molecule has 7 heteroatoms. The number of aromatic nitrogens is 2. The van der Waals surface area contributed by atoms with Crippen LogP contribution in [0.25, 0.3) is 0 Å². The lowest BCUT2D eigenvalue weighted by molar-refractivity contribution is -0.145. The number of methoxy groups -OCH3 is 1. The molecule has 2 fully saturated rings. The minimum atomic E-state index is -0.270. The van der Waals surface area contributed by atoms with Gasteiger partial charge in [0.1, 0.15) is 5.82 Å². The molecule has 1 aromatic heterocycles. The molecule has 2 aliphatic heterocycles. The second-order valence-corrected chi connectivity index (χ2v) is 7.74. The van der Waals surface area contributed by atoms with Crippen LogP contribution >= 0.6 is 0 Å². The van der Waals surface area contributed by atoms with Crippen molar-refractivity contribution in [2.24, 2.45) is 5.41 Å². The molecular formula is C19H29N5O2. The summed E-state index contributed by atoms with van der Waals surface area (Å²) in [5.74, 6) is 2.03. The van der Waals surface area contributed by atoms with Crippen LogP contribution in [-0.4, -0.2) is 67.7 Å². The zero-order valence-electron chi connectivity index (χ0n) is 15.9. The fraction of sp³-hybridized carbons (Fsp3) is 0.737. The van der Waals surface area contributed by atoms with Gasteiger partial charge in [-0.05, 0) is 38.5 Å². The van der Waals surface area contributed by atoms with Crippen LogP contribution in [0.15, 0.2) is 0 Å². The van der Waals surface area contributed by atoms with Crippen molar-refractivity contribution in [2.75, 3.05) is 57.2 Å². The normalized spacial score (nSPS) is 25.2. The molecule has 3 heterocycles. The van der Waals surface area contributed by atoms with Crippen molar-refractivity contribution in [1.29, 1.82) is 0 Å². The number of carbonyl (C=O) groups is 1. The van der Waals surface area contributed by atoms with Gasteiger partial charge in [0, 0.05) is 45.9 Å². The zero-order chi connectivity index (χ0) is 18.1. The number of amides is 1. The first-order valence-electron chi connectivity index (χ1n) is 9.78. The van der Waals surface area contributed by atoms with E-state index in [0.29, 0.717) is 19.1 Å². The number of aryl methyl sites for hydroxylation is 1. The SMILES string of the molecule is CNc1nc(N2CC[C@@]3(CCCN(CCOC)C3=O)C2)nc2c1CCC2. The van der Waals surface area contributed by atoms with E-state index in [-0.39, 0.29) is 5.41 Å². The predicted octanol–water partition coefficient (Wildman–Crippen LogP) is 1.47. The summed E-state index contributed by atoms with van der Waals surface area (Å²) in [6, 6.07) is 0. The third-order valence-corrected chi connectivity index (χ3v) is 6.18. The monoisotopic (exact) mass is 359 g/mol. The standard InChI is InChI=1S/C19H29N5O2/c1-20-16-14-5-3-6-15(14)21-18(22-16)24-10-8-19(13-24)7-4-9-23(17(19)25)11-12-26-2/h3-13H2,1-2H3,(H,20,21,22)/t19-/m0/s1. The molecule has 1 amide bonds. The van der Waals surface area contributed by atoms with Gasteiger partial charge in [0.15, 0.2) is 0 Å². The second-order valence-electron chi connectivity index (χ2n) is 7.74. The molecule has 1 aromatic rings. The fourth-order valence-corrected chi connectivity index (χ4v) is 4.76. The Bertz CT molecular complexity index is 695. The summed E-state index contributed by atoms with van der Waals surface area (Å²) in [6.07, 6.45) is 6.17. The highest BCUT2D eigenvalue weighted by Crippen LogP contribution is 2.41. The van der Waals surface area contributed by atoms with E-state index < -0.39 is 0 Å². The molecule has 0 bridgehead atoms. The van der Waals surface area contributed by atoms with Crippen molar-refractivity contribution >= 4 is 17.7 Å². The number of nitrogens with one attached hydrogen (secondary N) is 1. The Balaban J connectivity index is 1.54. The molecule has 1 N–H and O–H groups in total. The summed E-state index contributed by atoms with van der Waals surface area (Å²) < 4.78 is 5.17. The lowest BCUT2D eigenvalue weighted by atomic mass is 9.78. The van der Waals surface area contributed by atoms with Crippen LogP contribution in [-0.2, 0) is 22.4 Å². The van der Waals surface area contributed by atoms with Gasteiger partial charge in [0.25, 0.3) is 0 Å². The lowest BCUT2D eigenvalue weighted by Gasteiger charge is -2.39. The maximum atomic E-state index is 13.1. The number of carbonyl (C=O) groups excluding carboxylic acids is 1. The molecule has 7 nitrogen and oxygen atoms in total. The van der Waals surface area contributed by atoms with Crippen LogP contribution in [0, 0.1) is 5.41 Å². The summed E-state index contributed by atoms with van der Waals surface area (Å²) in [4.78, 5) is 27.0. The van der Waals surface area contributed by atoms with Crippen molar-refractivity contribution in [3.8, 4) is 0 Å². The summed E-state index contributed by atoms with van der Waals surface area (Å²) >= 11 is 0. The second kappa shape index (κ2) is 7.02. The summed E-state index contributed by atoms with van der Waals surface area (Å²) in [7, 11) is 3.61. The van der Waals surface area contributed by atoms with Crippen LogP contribution in [0.3, 0.4) is 0 Å². The van der Waals surface area contributed by atoms with Crippen LogP contribution in [0.2, 0.25) is 0 Å². The van der Waals surface area contributed by atoms with E-state index >= 15 is 0 Å². The first kappa shape index (κ1) is 17.5. The number of rotatable bonds is 5. The highest BCUT2D eigenvalue weighted by Gasteiger charge is 2.48. The Morgan fingerprint density at radius 1 is 1.19 bits per heavy atom. The minimum absolute atomic E-state index is 0.270. The Morgan fingerprint density at radius 3 is 2.88 bits per heavy atom. The molecule has 26 heavy (non-hydrogen) atoms. The molecular weight excluding hydrogens is 330 g/mol. The number of ether oxygens (including phenoxy) is 1. The first-order chi connectivity index (χ1) is 12.7. The summed E-state index contributed by atoms with van der Waals surface area (Å²) in [5, 5.41) is 3.23.